The highest BCUT2D eigenvalue weighted by Crippen LogP contribution is 2.08. The van der Waals surface area contributed by atoms with Crippen molar-refractivity contribution in [2.24, 2.45) is 5.73 Å². The zero-order chi connectivity index (χ0) is 11.0. The lowest BCUT2D eigenvalue weighted by Gasteiger charge is -1.96. The average molecular weight is 206 g/mol. The highest BCUT2D eigenvalue weighted by atomic mass is 16.4. The highest BCUT2D eigenvalue weighted by Gasteiger charge is 2.13. The molecule has 7 nitrogen and oxygen atoms in total. The fraction of sp³-hybridized carbons (Fsp3) is 0. The van der Waals surface area contributed by atoms with Gasteiger partial charge >= 0.3 is 5.97 Å². The molecule has 0 spiro atoms. The molecular formula is C8H6N4O3. The molecule has 0 atom stereocenters. The molecule has 0 aliphatic rings. The van der Waals surface area contributed by atoms with Crippen molar-refractivity contribution in [2.45, 2.75) is 0 Å². The molecule has 2 heterocycles. The number of carbonyl (C=O) groups is 2. The van der Waals surface area contributed by atoms with Crippen LogP contribution in [0.2, 0.25) is 0 Å². The second-order valence-corrected chi connectivity index (χ2v) is 2.81. The third-order valence-electron chi connectivity index (χ3n) is 1.85. The number of hydrogen-bond donors (Lipinski definition) is 2. The molecule has 2 aromatic rings. The number of primary amides is 1. The van der Waals surface area contributed by atoms with Gasteiger partial charge in [-0.1, -0.05) is 0 Å². The maximum atomic E-state index is 10.8. The third-order valence-corrected chi connectivity index (χ3v) is 1.85. The number of nitrogens with zero attached hydrogens (tertiary/aromatic N) is 3. The van der Waals surface area contributed by atoms with Crippen molar-refractivity contribution in [3.8, 4) is 0 Å². The Bertz CT molecular complexity index is 560. The van der Waals surface area contributed by atoms with Crippen LogP contribution < -0.4 is 5.73 Å². The van der Waals surface area contributed by atoms with E-state index in [0.717, 1.165) is 6.20 Å². The molecule has 0 saturated heterocycles. The maximum Gasteiger partial charge on any atom is 0.341 e. The van der Waals surface area contributed by atoms with Crippen LogP contribution in [-0.2, 0) is 0 Å². The summed E-state index contributed by atoms with van der Waals surface area (Å²) in [5.74, 6) is -1.87. The number of amides is 1. The summed E-state index contributed by atoms with van der Waals surface area (Å²) in [7, 11) is 0. The molecule has 2 aromatic heterocycles. The van der Waals surface area contributed by atoms with Gasteiger partial charge in [0.25, 0.3) is 5.91 Å². The van der Waals surface area contributed by atoms with Gasteiger partial charge in [0.1, 0.15) is 11.3 Å². The molecule has 1 amide bonds. The molecule has 0 aliphatic carbocycles. The fourth-order valence-electron chi connectivity index (χ4n) is 1.16. The van der Waals surface area contributed by atoms with Gasteiger partial charge in [-0.05, 0) is 6.07 Å². The number of hydrogen-bond acceptors (Lipinski definition) is 4. The lowest BCUT2D eigenvalue weighted by molar-refractivity contribution is 0.0698. The third kappa shape index (κ3) is 1.39. The Labute approximate surface area is 83.1 Å². The summed E-state index contributed by atoms with van der Waals surface area (Å²) in [4.78, 5) is 25.4. The summed E-state index contributed by atoms with van der Waals surface area (Å²) >= 11 is 0. The molecule has 15 heavy (non-hydrogen) atoms. The molecule has 7 heteroatoms. The van der Waals surface area contributed by atoms with Crippen molar-refractivity contribution in [1.82, 2.24) is 14.6 Å². The first-order valence-electron chi connectivity index (χ1n) is 3.97. The molecule has 0 bridgehead atoms. The molecular weight excluding hydrogens is 200 g/mol. The van der Waals surface area contributed by atoms with E-state index in [1.807, 2.05) is 0 Å². The van der Waals surface area contributed by atoms with Crippen LogP contribution in [0.15, 0.2) is 18.5 Å². The SMILES string of the molecule is NC(=O)c1ccn2ncc(C(=O)O)c2n1. The molecule has 0 aromatic carbocycles. The zero-order valence-corrected chi connectivity index (χ0v) is 7.41. The molecule has 76 valence electrons. The summed E-state index contributed by atoms with van der Waals surface area (Å²) in [6, 6.07) is 1.37. The number of aromatic carboxylic acids is 1. The van der Waals surface area contributed by atoms with Crippen molar-refractivity contribution < 1.29 is 14.7 Å². The number of fused-ring (bicyclic) bond motifs is 1. The number of carboxylic acid groups (broad SMARTS) is 1. The summed E-state index contributed by atoms with van der Waals surface area (Å²) in [6.07, 6.45) is 2.59. The second-order valence-electron chi connectivity index (χ2n) is 2.81. The number of rotatable bonds is 2. The van der Waals surface area contributed by atoms with Gasteiger partial charge in [-0.3, -0.25) is 4.79 Å². The predicted octanol–water partition coefficient (Wildman–Crippen LogP) is -0.474. The quantitative estimate of drug-likeness (QED) is 0.689. The van der Waals surface area contributed by atoms with Crippen LogP contribution in [0.25, 0.3) is 5.65 Å². The van der Waals surface area contributed by atoms with Crippen LogP contribution in [-0.4, -0.2) is 31.6 Å². The van der Waals surface area contributed by atoms with Gasteiger partial charge in [-0.2, -0.15) is 5.10 Å². The lowest BCUT2D eigenvalue weighted by Crippen LogP contribution is -2.14. The van der Waals surface area contributed by atoms with Gasteiger partial charge in [0.05, 0.1) is 6.20 Å². The van der Waals surface area contributed by atoms with Crippen molar-refractivity contribution >= 4 is 17.5 Å². The second kappa shape index (κ2) is 3.05. The molecule has 0 radical (unpaired) electrons. The fourth-order valence-corrected chi connectivity index (χ4v) is 1.16. The first-order chi connectivity index (χ1) is 7.09. The van der Waals surface area contributed by atoms with Crippen molar-refractivity contribution in [1.29, 1.82) is 0 Å². The van der Waals surface area contributed by atoms with E-state index in [1.165, 1.54) is 16.8 Å². The van der Waals surface area contributed by atoms with Crippen LogP contribution in [0, 0.1) is 0 Å². The first kappa shape index (κ1) is 9.13. The Morgan fingerprint density at radius 2 is 2.20 bits per heavy atom. The normalized spacial score (nSPS) is 10.4. The van der Waals surface area contributed by atoms with Crippen molar-refractivity contribution in [3.63, 3.8) is 0 Å². The van der Waals surface area contributed by atoms with Gasteiger partial charge in [0, 0.05) is 6.20 Å². The largest absolute Gasteiger partial charge is 0.477 e. The smallest absolute Gasteiger partial charge is 0.341 e. The molecule has 0 saturated carbocycles. The number of aromatic nitrogens is 3. The predicted molar refractivity (Wildman–Crippen MR) is 48.5 cm³/mol. The highest BCUT2D eigenvalue weighted by molar-refractivity contribution is 5.96. The molecule has 0 fully saturated rings. The molecule has 3 N–H and O–H groups in total. The monoisotopic (exact) mass is 206 g/mol. The van der Waals surface area contributed by atoms with E-state index >= 15 is 0 Å². The standard InChI is InChI=1S/C8H6N4O3/c9-6(13)5-1-2-12-7(11-5)4(3-10-12)8(14)15/h1-3H,(H2,9,13)(H,14,15). The Balaban J connectivity index is 2.72. The molecule has 0 aliphatic heterocycles. The van der Waals surface area contributed by atoms with Crippen LogP contribution in [0.5, 0.6) is 0 Å². The van der Waals surface area contributed by atoms with Crippen LogP contribution in [0.3, 0.4) is 0 Å². The van der Waals surface area contributed by atoms with Gasteiger partial charge in [-0.25, -0.2) is 14.3 Å². The minimum atomic E-state index is -1.15. The first-order valence-corrected chi connectivity index (χ1v) is 3.97. The Kier molecular flexibility index (Phi) is 1.86. The van der Waals surface area contributed by atoms with Crippen LogP contribution in [0.4, 0.5) is 0 Å². The zero-order valence-electron chi connectivity index (χ0n) is 7.41. The van der Waals surface area contributed by atoms with E-state index in [0.29, 0.717) is 0 Å². The van der Waals surface area contributed by atoms with Crippen molar-refractivity contribution in [2.75, 3.05) is 0 Å². The van der Waals surface area contributed by atoms with E-state index in [9.17, 15) is 9.59 Å². The van der Waals surface area contributed by atoms with E-state index in [-0.39, 0.29) is 16.9 Å². The summed E-state index contributed by atoms with van der Waals surface area (Å²) in [5.41, 5.74) is 5.05. The Hall–Kier alpha value is -2.44. The maximum absolute atomic E-state index is 10.8. The Morgan fingerprint density at radius 1 is 1.47 bits per heavy atom. The lowest BCUT2D eigenvalue weighted by atomic mass is 10.3. The van der Waals surface area contributed by atoms with Gasteiger partial charge < -0.3 is 10.8 Å². The minimum Gasteiger partial charge on any atom is -0.477 e. The van der Waals surface area contributed by atoms with E-state index in [4.69, 9.17) is 10.8 Å². The number of carbonyl (C=O) groups excluding carboxylic acids is 1. The molecule has 0 unspecified atom stereocenters. The van der Waals surface area contributed by atoms with Crippen LogP contribution in [0.1, 0.15) is 20.8 Å². The van der Waals surface area contributed by atoms with E-state index < -0.39 is 11.9 Å². The summed E-state index contributed by atoms with van der Waals surface area (Å²) in [6.45, 7) is 0. The van der Waals surface area contributed by atoms with E-state index in [1.54, 1.807) is 0 Å². The van der Waals surface area contributed by atoms with Gasteiger partial charge in [-0.15, -0.1) is 0 Å². The Morgan fingerprint density at radius 3 is 2.80 bits per heavy atom. The topological polar surface area (TPSA) is 111 Å². The number of carboxylic acids is 1. The van der Waals surface area contributed by atoms with Crippen LogP contribution >= 0.6 is 0 Å². The van der Waals surface area contributed by atoms with Crippen molar-refractivity contribution in [3.05, 3.63) is 29.7 Å². The minimum absolute atomic E-state index is 0.00509. The summed E-state index contributed by atoms with van der Waals surface area (Å²) in [5, 5.41) is 12.6. The average Bonchev–Trinajstić information content (AvgIpc) is 2.59. The van der Waals surface area contributed by atoms with E-state index in [2.05, 4.69) is 10.1 Å². The van der Waals surface area contributed by atoms with Gasteiger partial charge in [0.15, 0.2) is 5.65 Å². The number of nitrogens with two attached hydrogens (primary N) is 1. The van der Waals surface area contributed by atoms with Gasteiger partial charge in [0.2, 0.25) is 0 Å². The summed E-state index contributed by atoms with van der Waals surface area (Å²) < 4.78 is 1.26. The molecule has 2 rings (SSSR count).